The Morgan fingerprint density at radius 3 is 3.05 bits per heavy atom. The van der Waals surface area contributed by atoms with E-state index in [0.29, 0.717) is 0 Å². The third kappa shape index (κ3) is 4.43. The molecule has 2 aromatic rings. The van der Waals surface area contributed by atoms with Crippen molar-refractivity contribution in [2.24, 2.45) is 0 Å². The Morgan fingerprint density at radius 1 is 1.43 bits per heavy atom. The van der Waals surface area contributed by atoms with E-state index < -0.39 is 5.82 Å². The number of aromatic hydroxyl groups is 1. The van der Waals surface area contributed by atoms with Crippen LogP contribution in [0, 0.1) is 5.82 Å². The van der Waals surface area contributed by atoms with E-state index >= 15 is 0 Å². The quantitative estimate of drug-likeness (QED) is 0.463. The number of nitrogens with one attached hydrogen (secondary N) is 1. The predicted octanol–water partition coefficient (Wildman–Crippen LogP) is 2.43. The van der Waals surface area contributed by atoms with Gasteiger partial charge in [0.2, 0.25) is 0 Å². The molecule has 2 N–H and O–H groups in total. The van der Waals surface area contributed by atoms with Gasteiger partial charge >= 0.3 is 6.01 Å². The number of nitrogens with zero attached hydrogens (tertiary/aromatic N) is 2. The molecule has 0 aliphatic rings. The molecule has 0 spiro atoms. The minimum atomic E-state index is -0.663. The first-order chi connectivity index (χ1) is 10.2. The Labute approximate surface area is 120 Å². The molecule has 0 unspecified atom stereocenters. The van der Waals surface area contributed by atoms with Gasteiger partial charge in [-0.15, -0.1) is 6.58 Å². The van der Waals surface area contributed by atoms with E-state index in [0.717, 1.165) is 11.8 Å². The first-order valence-corrected chi connectivity index (χ1v) is 6.11. The Morgan fingerprint density at radius 2 is 2.29 bits per heavy atom. The molecule has 1 aromatic heterocycles. The summed E-state index contributed by atoms with van der Waals surface area (Å²) in [5.41, 5.74) is 3.08. The molecule has 0 bridgehead atoms. The van der Waals surface area contributed by atoms with Gasteiger partial charge < -0.3 is 9.84 Å². The van der Waals surface area contributed by atoms with Gasteiger partial charge in [0.15, 0.2) is 11.6 Å². The van der Waals surface area contributed by atoms with Crippen molar-refractivity contribution in [2.75, 3.05) is 12.1 Å². The zero-order valence-electron chi connectivity index (χ0n) is 11.1. The highest BCUT2D eigenvalue weighted by Gasteiger charge is 2.08. The lowest BCUT2D eigenvalue weighted by Gasteiger charge is -2.08. The summed E-state index contributed by atoms with van der Waals surface area (Å²) >= 11 is 0. The van der Waals surface area contributed by atoms with Gasteiger partial charge in [0.05, 0.1) is 12.8 Å². The fourth-order valence-corrected chi connectivity index (χ4v) is 1.46. The molecule has 1 heterocycles. The topological polar surface area (TPSA) is 76.5 Å². The van der Waals surface area contributed by atoms with Crippen molar-refractivity contribution in [1.29, 1.82) is 0 Å². The number of rotatable bonds is 7. The SMILES string of the molecule is C=CCONc1nc(OCc2cccc(O)c2)ncc1F. The molecular formula is C14H14FN3O3. The van der Waals surface area contributed by atoms with Gasteiger partial charge in [0.25, 0.3) is 0 Å². The van der Waals surface area contributed by atoms with Crippen LogP contribution >= 0.6 is 0 Å². The molecule has 7 heteroatoms. The van der Waals surface area contributed by atoms with Gasteiger partial charge in [-0.25, -0.2) is 14.9 Å². The number of benzene rings is 1. The number of hydrogen-bond acceptors (Lipinski definition) is 6. The zero-order chi connectivity index (χ0) is 15.1. The van der Waals surface area contributed by atoms with Gasteiger partial charge in [-0.05, 0) is 17.7 Å². The predicted molar refractivity (Wildman–Crippen MR) is 74.2 cm³/mol. The highest BCUT2D eigenvalue weighted by molar-refractivity contribution is 5.33. The van der Waals surface area contributed by atoms with E-state index in [1.165, 1.54) is 6.08 Å². The molecular weight excluding hydrogens is 277 g/mol. The van der Waals surface area contributed by atoms with Crippen LogP contribution in [-0.2, 0) is 11.4 Å². The number of phenols is 1. The fourth-order valence-electron chi connectivity index (χ4n) is 1.46. The highest BCUT2D eigenvalue weighted by Crippen LogP contribution is 2.16. The first kappa shape index (κ1) is 14.7. The van der Waals surface area contributed by atoms with Gasteiger partial charge in [0, 0.05) is 0 Å². The van der Waals surface area contributed by atoms with Crippen LogP contribution in [0.2, 0.25) is 0 Å². The molecule has 0 fully saturated rings. The van der Waals surface area contributed by atoms with E-state index in [1.54, 1.807) is 24.3 Å². The zero-order valence-corrected chi connectivity index (χ0v) is 11.1. The van der Waals surface area contributed by atoms with Crippen molar-refractivity contribution in [1.82, 2.24) is 9.97 Å². The van der Waals surface area contributed by atoms with Crippen molar-refractivity contribution in [3.8, 4) is 11.8 Å². The lowest BCUT2D eigenvalue weighted by Crippen LogP contribution is -2.07. The molecule has 0 saturated heterocycles. The molecule has 0 amide bonds. The first-order valence-electron chi connectivity index (χ1n) is 6.11. The standard InChI is InChI=1S/C14H14FN3O3/c1-2-6-21-18-13-12(15)8-16-14(17-13)20-9-10-4-3-5-11(19)7-10/h2-5,7-8,19H,1,6,9H2,(H,16,17,18). The van der Waals surface area contributed by atoms with Gasteiger partial charge in [-0.1, -0.05) is 18.2 Å². The molecule has 0 radical (unpaired) electrons. The second-order valence-corrected chi connectivity index (χ2v) is 4.01. The van der Waals surface area contributed by atoms with Crippen molar-refractivity contribution in [3.63, 3.8) is 0 Å². The smallest absolute Gasteiger partial charge is 0.318 e. The fraction of sp³-hybridized carbons (Fsp3) is 0.143. The Kier molecular flexibility index (Phi) is 5.05. The van der Waals surface area contributed by atoms with Crippen LogP contribution < -0.4 is 10.2 Å². The summed E-state index contributed by atoms with van der Waals surface area (Å²) in [6.07, 6.45) is 2.48. The maximum absolute atomic E-state index is 13.4. The van der Waals surface area contributed by atoms with E-state index in [4.69, 9.17) is 9.57 Å². The van der Waals surface area contributed by atoms with Gasteiger partial charge in [0.1, 0.15) is 12.4 Å². The molecule has 6 nitrogen and oxygen atoms in total. The molecule has 0 saturated carbocycles. The molecule has 2 rings (SSSR count). The Balaban J connectivity index is 1.99. The van der Waals surface area contributed by atoms with Crippen LogP contribution in [0.25, 0.3) is 0 Å². The van der Waals surface area contributed by atoms with Crippen LogP contribution in [0.1, 0.15) is 5.56 Å². The summed E-state index contributed by atoms with van der Waals surface area (Å²) in [4.78, 5) is 12.5. The second kappa shape index (κ2) is 7.20. The van der Waals surface area contributed by atoms with Gasteiger partial charge in [-0.3, -0.25) is 4.84 Å². The summed E-state index contributed by atoms with van der Waals surface area (Å²) < 4.78 is 18.8. The maximum atomic E-state index is 13.4. The number of aromatic nitrogens is 2. The van der Waals surface area contributed by atoms with Crippen molar-refractivity contribution in [3.05, 3.63) is 54.5 Å². The minimum Gasteiger partial charge on any atom is -0.508 e. The average Bonchev–Trinajstić information content (AvgIpc) is 2.48. The van der Waals surface area contributed by atoms with E-state index in [1.807, 2.05) is 0 Å². The summed E-state index contributed by atoms with van der Waals surface area (Å²) in [5.74, 6) is -0.655. The maximum Gasteiger partial charge on any atom is 0.318 e. The number of phenolic OH excluding ortho intramolecular Hbond substituents is 1. The number of anilines is 1. The van der Waals surface area contributed by atoms with Crippen LogP contribution in [-0.4, -0.2) is 21.7 Å². The largest absolute Gasteiger partial charge is 0.508 e. The van der Waals surface area contributed by atoms with Crippen LogP contribution in [0.3, 0.4) is 0 Å². The summed E-state index contributed by atoms with van der Waals surface area (Å²) in [7, 11) is 0. The number of halogens is 1. The van der Waals surface area contributed by atoms with E-state index in [2.05, 4.69) is 22.0 Å². The number of hydrogen-bond donors (Lipinski definition) is 2. The second-order valence-electron chi connectivity index (χ2n) is 4.01. The molecule has 0 atom stereocenters. The lowest BCUT2D eigenvalue weighted by atomic mass is 10.2. The summed E-state index contributed by atoms with van der Waals surface area (Å²) in [6, 6.07) is 6.56. The molecule has 0 aliphatic carbocycles. The van der Waals surface area contributed by atoms with E-state index in [-0.39, 0.29) is 30.8 Å². The molecule has 110 valence electrons. The molecule has 1 aromatic carbocycles. The summed E-state index contributed by atoms with van der Waals surface area (Å²) in [6.45, 7) is 3.81. The third-order valence-corrected chi connectivity index (χ3v) is 2.37. The van der Waals surface area contributed by atoms with Crippen LogP contribution in [0.15, 0.2) is 43.1 Å². The minimum absolute atomic E-state index is 0.00977. The average molecular weight is 291 g/mol. The monoisotopic (exact) mass is 291 g/mol. The molecule has 0 aliphatic heterocycles. The normalized spacial score (nSPS) is 10.1. The van der Waals surface area contributed by atoms with Crippen molar-refractivity contribution in [2.45, 2.75) is 6.61 Å². The number of ether oxygens (including phenoxy) is 1. The lowest BCUT2D eigenvalue weighted by molar-refractivity contribution is 0.222. The van der Waals surface area contributed by atoms with Crippen LogP contribution in [0.4, 0.5) is 10.2 Å². The van der Waals surface area contributed by atoms with Crippen molar-refractivity contribution >= 4 is 5.82 Å². The Bertz CT molecular complexity index is 622. The molecule has 21 heavy (non-hydrogen) atoms. The van der Waals surface area contributed by atoms with Crippen LogP contribution in [0.5, 0.6) is 11.8 Å². The van der Waals surface area contributed by atoms with Crippen molar-refractivity contribution < 1.29 is 19.1 Å². The third-order valence-electron chi connectivity index (χ3n) is 2.37. The summed E-state index contributed by atoms with van der Waals surface area (Å²) in [5, 5.41) is 9.34. The van der Waals surface area contributed by atoms with Gasteiger partial charge in [-0.2, -0.15) is 4.98 Å². The highest BCUT2D eigenvalue weighted by atomic mass is 19.1. The van der Waals surface area contributed by atoms with E-state index in [9.17, 15) is 9.50 Å². The Hall–Kier alpha value is -2.67.